The Morgan fingerprint density at radius 2 is 2.21 bits per heavy atom. The summed E-state index contributed by atoms with van der Waals surface area (Å²) in [5.74, 6) is 0.398. The quantitative estimate of drug-likeness (QED) is 0.514. The predicted molar refractivity (Wildman–Crippen MR) is 99.5 cm³/mol. The number of fused-ring (bicyclic) bond motifs is 1. The summed E-state index contributed by atoms with van der Waals surface area (Å²) < 4.78 is 41.1. The standard InChI is InChI=1S/C16H21NO4S3/c1-4-13(22-3)11-16-17(8-5-9-24(18,19)20)14-10-12(21-2)6-7-15(14)23-16/h6-7,10-11H,4-5,8-9H2,1-3H3/b13-11+. The molecular weight excluding hydrogens is 366 g/mol. The SMILES string of the molecule is CC/C(=C\c1sc2ccc(OC)cc2[n+]1CCCS(=O)(=O)[O-])SC. The number of thiazole rings is 1. The van der Waals surface area contributed by atoms with Gasteiger partial charge < -0.3 is 9.29 Å². The Morgan fingerprint density at radius 3 is 2.79 bits per heavy atom. The number of ether oxygens (including phenoxy) is 1. The number of hydrogen-bond donors (Lipinski definition) is 0. The molecule has 5 nitrogen and oxygen atoms in total. The van der Waals surface area contributed by atoms with Crippen LogP contribution in [0.1, 0.15) is 24.8 Å². The molecule has 1 aromatic heterocycles. The summed E-state index contributed by atoms with van der Waals surface area (Å²) in [4.78, 5) is 1.25. The van der Waals surface area contributed by atoms with Crippen LogP contribution >= 0.6 is 23.1 Å². The molecule has 0 aliphatic heterocycles. The Kier molecular flexibility index (Phi) is 6.68. The lowest BCUT2D eigenvalue weighted by Crippen LogP contribution is -2.36. The second kappa shape index (κ2) is 8.33. The first kappa shape index (κ1) is 19.2. The molecule has 0 aliphatic rings. The largest absolute Gasteiger partial charge is 0.748 e. The Morgan fingerprint density at radius 1 is 1.46 bits per heavy atom. The minimum Gasteiger partial charge on any atom is -0.748 e. The highest BCUT2D eigenvalue weighted by Crippen LogP contribution is 2.28. The molecule has 0 amide bonds. The topological polar surface area (TPSA) is 70.3 Å². The number of thioether (sulfide) groups is 1. The van der Waals surface area contributed by atoms with Crippen LogP contribution in [0.4, 0.5) is 0 Å². The van der Waals surface area contributed by atoms with Gasteiger partial charge in [0.25, 0.3) is 5.01 Å². The maximum atomic E-state index is 10.9. The van der Waals surface area contributed by atoms with Crippen molar-refractivity contribution in [3.05, 3.63) is 28.1 Å². The lowest BCUT2D eigenvalue weighted by atomic mass is 10.3. The molecule has 0 saturated heterocycles. The molecule has 0 saturated carbocycles. The smallest absolute Gasteiger partial charge is 0.263 e. The summed E-state index contributed by atoms with van der Waals surface area (Å²) in [6.07, 6.45) is 5.41. The second-order valence-corrected chi connectivity index (χ2v) is 8.73. The van der Waals surface area contributed by atoms with E-state index in [1.165, 1.54) is 4.91 Å². The van der Waals surface area contributed by atoms with E-state index in [2.05, 4.69) is 17.6 Å². The van der Waals surface area contributed by atoms with Crippen LogP contribution in [0.3, 0.4) is 0 Å². The number of aryl methyl sites for hydroxylation is 1. The van der Waals surface area contributed by atoms with Crippen LogP contribution in [0.25, 0.3) is 16.3 Å². The minimum atomic E-state index is -4.19. The zero-order chi connectivity index (χ0) is 17.7. The summed E-state index contributed by atoms with van der Waals surface area (Å²) in [7, 11) is -2.58. The van der Waals surface area contributed by atoms with E-state index < -0.39 is 10.1 Å². The zero-order valence-electron chi connectivity index (χ0n) is 13.9. The van der Waals surface area contributed by atoms with Crippen molar-refractivity contribution in [3.63, 3.8) is 0 Å². The highest BCUT2D eigenvalue weighted by atomic mass is 32.2. The summed E-state index contributed by atoms with van der Waals surface area (Å²) in [5, 5.41) is 1.05. The van der Waals surface area contributed by atoms with Crippen molar-refractivity contribution in [1.29, 1.82) is 0 Å². The van der Waals surface area contributed by atoms with Gasteiger partial charge in [0.05, 0.1) is 23.3 Å². The van der Waals surface area contributed by atoms with Crippen molar-refractivity contribution in [1.82, 2.24) is 0 Å². The summed E-state index contributed by atoms with van der Waals surface area (Å²) >= 11 is 3.35. The van der Waals surface area contributed by atoms with Crippen molar-refractivity contribution in [2.45, 2.75) is 26.3 Å². The predicted octanol–water partition coefficient (Wildman–Crippen LogP) is 3.25. The Balaban J connectivity index is 2.46. The summed E-state index contributed by atoms with van der Waals surface area (Å²) in [6.45, 7) is 2.58. The van der Waals surface area contributed by atoms with Gasteiger partial charge in [-0.15, -0.1) is 11.8 Å². The third kappa shape index (κ3) is 4.95. The van der Waals surface area contributed by atoms with Gasteiger partial charge in [-0.3, -0.25) is 0 Å². The average molecular weight is 388 g/mol. The van der Waals surface area contributed by atoms with Crippen LogP contribution in [0.15, 0.2) is 23.1 Å². The van der Waals surface area contributed by atoms with E-state index in [0.29, 0.717) is 13.0 Å². The van der Waals surface area contributed by atoms with Gasteiger partial charge in [-0.25, -0.2) is 8.42 Å². The van der Waals surface area contributed by atoms with Crippen molar-refractivity contribution in [2.24, 2.45) is 0 Å². The van der Waals surface area contributed by atoms with Gasteiger partial charge in [-0.1, -0.05) is 18.3 Å². The lowest BCUT2D eigenvalue weighted by molar-refractivity contribution is -0.668. The number of methoxy groups -OCH3 is 1. The van der Waals surface area contributed by atoms with Gasteiger partial charge in [-0.2, -0.15) is 4.57 Å². The Labute approximate surface area is 151 Å². The van der Waals surface area contributed by atoms with Gasteiger partial charge in [0.15, 0.2) is 6.54 Å². The Bertz CT molecular complexity index is 834. The number of nitrogens with zero attached hydrogens (tertiary/aromatic N) is 1. The molecule has 0 bridgehead atoms. The summed E-state index contributed by atoms with van der Waals surface area (Å²) in [5.41, 5.74) is 0.991. The van der Waals surface area contributed by atoms with Gasteiger partial charge >= 0.3 is 0 Å². The zero-order valence-corrected chi connectivity index (χ0v) is 16.4. The molecule has 0 spiro atoms. The van der Waals surface area contributed by atoms with Gasteiger partial charge in [0.2, 0.25) is 5.52 Å². The van der Waals surface area contributed by atoms with Crippen LogP contribution in [0.2, 0.25) is 0 Å². The van der Waals surface area contributed by atoms with Crippen LogP contribution in [-0.4, -0.2) is 32.1 Å². The molecule has 1 aromatic carbocycles. The van der Waals surface area contributed by atoms with E-state index in [4.69, 9.17) is 4.74 Å². The number of allylic oxidation sites excluding steroid dienone is 1. The van der Waals surface area contributed by atoms with E-state index in [1.54, 1.807) is 30.2 Å². The maximum Gasteiger partial charge on any atom is 0.263 e. The van der Waals surface area contributed by atoms with Crippen molar-refractivity contribution in [3.8, 4) is 5.75 Å². The number of hydrogen-bond acceptors (Lipinski definition) is 6. The first-order chi connectivity index (χ1) is 11.4. The highest BCUT2D eigenvalue weighted by molar-refractivity contribution is 8.02. The van der Waals surface area contributed by atoms with Crippen LogP contribution in [0.5, 0.6) is 5.75 Å². The summed E-state index contributed by atoms with van der Waals surface area (Å²) in [6, 6.07) is 5.86. The fourth-order valence-corrected chi connectivity index (χ4v) is 4.60. The molecule has 24 heavy (non-hydrogen) atoms. The molecule has 2 rings (SSSR count). The Hall–Kier alpha value is -1.09. The lowest BCUT2D eigenvalue weighted by Gasteiger charge is -2.05. The van der Waals surface area contributed by atoms with Crippen molar-refractivity contribution < 1.29 is 22.3 Å². The van der Waals surface area contributed by atoms with Gasteiger partial charge in [-0.05, 0) is 29.7 Å². The van der Waals surface area contributed by atoms with E-state index in [9.17, 15) is 13.0 Å². The monoisotopic (exact) mass is 387 g/mol. The molecule has 8 heteroatoms. The molecule has 0 N–H and O–H groups in total. The van der Waals surface area contributed by atoms with E-state index >= 15 is 0 Å². The first-order valence-electron chi connectivity index (χ1n) is 7.56. The van der Waals surface area contributed by atoms with Crippen LogP contribution < -0.4 is 9.30 Å². The second-order valence-electron chi connectivity index (χ2n) is 5.21. The number of benzene rings is 1. The van der Waals surface area contributed by atoms with Crippen LogP contribution in [-0.2, 0) is 16.7 Å². The van der Waals surface area contributed by atoms with Gasteiger partial charge in [0.1, 0.15) is 10.4 Å². The van der Waals surface area contributed by atoms with Crippen LogP contribution in [0, 0.1) is 0 Å². The van der Waals surface area contributed by atoms with Crippen molar-refractivity contribution in [2.75, 3.05) is 19.1 Å². The molecule has 132 valence electrons. The third-order valence-electron chi connectivity index (χ3n) is 3.61. The van der Waals surface area contributed by atoms with E-state index in [1.807, 2.05) is 24.5 Å². The highest BCUT2D eigenvalue weighted by Gasteiger charge is 2.20. The van der Waals surface area contributed by atoms with Crippen molar-refractivity contribution >= 4 is 49.5 Å². The molecule has 1 heterocycles. The fourth-order valence-electron chi connectivity index (χ4n) is 2.39. The molecule has 0 fully saturated rings. The number of rotatable bonds is 8. The average Bonchev–Trinajstić information content (AvgIpc) is 2.88. The normalized spacial score (nSPS) is 12.8. The molecule has 0 unspecified atom stereocenters. The van der Waals surface area contributed by atoms with Gasteiger partial charge in [0, 0.05) is 18.2 Å². The third-order valence-corrected chi connectivity index (χ3v) is 6.44. The fraction of sp³-hybridized carbons (Fsp3) is 0.438. The minimum absolute atomic E-state index is 0.293. The first-order valence-corrected chi connectivity index (χ1v) is 11.2. The molecule has 2 aromatic rings. The molecular formula is C16H21NO4S3. The maximum absolute atomic E-state index is 10.9. The van der Waals surface area contributed by atoms with E-state index in [0.717, 1.165) is 27.4 Å². The number of aromatic nitrogens is 1. The van der Waals surface area contributed by atoms with E-state index in [-0.39, 0.29) is 5.75 Å². The molecule has 0 aliphatic carbocycles. The molecule has 0 radical (unpaired) electrons. The molecule has 0 atom stereocenters.